The molecule has 3 rings (SSSR count). The van der Waals surface area contributed by atoms with E-state index >= 15 is 0 Å². The van der Waals surface area contributed by atoms with Crippen LogP contribution in [0, 0.1) is 17.6 Å². The highest BCUT2D eigenvalue weighted by molar-refractivity contribution is 5.92. The lowest BCUT2D eigenvalue weighted by molar-refractivity contribution is -0.118. The summed E-state index contributed by atoms with van der Waals surface area (Å²) in [7, 11) is 0. The summed E-state index contributed by atoms with van der Waals surface area (Å²) in [5, 5.41) is 2.54. The molecule has 2 aliphatic rings. The maximum Gasteiger partial charge on any atom is 0.238 e. The van der Waals surface area contributed by atoms with Gasteiger partial charge in [-0.2, -0.15) is 0 Å². The van der Waals surface area contributed by atoms with Gasteiger partial charge in [-0.1, -0.05) is 0 Å². The van der Waals surface area contributed by atoms with Gasteiger partial charge in [-0.05, 0) is 50.7 Å². The molecule has 21 heavy (non-hydrogen) atoms. The Morgan fingerprint density at radius 2 is 2.05 bits per heavy atom. The SMILES string of the molecule is C[C@@H](C1CC1)N(CC(=O)Nc1ccc(F)cc1F)C1CC1. The van der Waals surface area contributed by atoms with Crippen molar-refractivity contribution < 1.29 is 13.6 Å². The van der Waals surface area contributed by atoms with Crippen LogP contribution in [-0.2, 0) is 4.79 Å². The number of carbonyl (C=O) groups is 1. The molecule has 2 aliphatic carbocycles. The molecule has 0 aromatic heterocycles. The number of nitrogens with zero attached hydrogens (tertiary/aromatic N) is 1. The molecule has 0 saturated heterocycles. The first-order valence-corrected chi connectivity index (χ1v) is 7.55. The number of hydrogen-bond donors (Lipinski definition) is 1. The summed E-state index contributed by atoms with van der Waals surface area (Å²) in [4.78, 5) is 14.4. The van der Waals surface area contributed by atoms with Gasteiger partial charge in [0.1, 0.15) is 11.6 Å². The minimum Gasteiger partial charge on any atom is -0.322 e. The molecule has 1 N–H and O–H groups in total. The molecule has 2 fully saturated rings. The molecule has 5 heteroatoms. The molecule has 2 saturated carbocycles. The van der Waals surface area contributed by atoms with Crippen LogP contribution in [0.5, 0.6) is 0 Å². The van der Waals surface area contributed by atoms with Gasteiger partial charge in [0.2, 0.25) is 5.91 Å². The quantitative estimate of drug-likeness (QED) is 0.874. The zero-order valence-electron chi connectivity index (χ0n) is 12.1. The predicted molar refractivity (Wildman–Crippen MR) is 76.9 cm³/mol. The summed E-state index contributed by atoms with van der Waals surface area (Å²) in [5.74, 6) is -0.926. The first-order chi connectivity index (χ1) is 10.0. The van der Waals surface area contributed by atoms with E-state index in [0.29, 0.717) is 18.0 Å². The van der Waals surface area contributed by atoms with Gasteiger partial charge in [-0.25, -0.2) is 8.78 Å². The van der Waals surface area contributed by atoms with Crippen molar-refractivity contribution in [2.45, 2.75) is 44.7 Å². The van der Waals surface area contributed by atoms with Gasteiger partial charge in [-0.15, -0.1) is 0 Å². The molecule has 0 bridgehead atoms. The van der Waals surface area contributed by atoms with E-state index < -0.39 is 11.6 Å². The number of hydrogen-bond acceptors (Lipinski definition) is 2. The van der Waals surface area contributed by atoms with Crippen LogP contribution in [-0.4, -0.2) is 29.4 Å². The van der Waals surface area contributed by atoms with Crippen LogP contribution in [0.15, 0.2) is 18.2 Å². The summed E-state index contributed by atoms with van der Waals surface area (Å²) >= 11 is 0. The number of amides is 1. The molecule has 0 spiro atoms. The topological polar surface area (TPSA) is 32.3 Å². The fourth-order valence-electron chi connectivity index (χ4n) is 2.81. The smallest absolute Gasteiger partial charge is 0.238 e. The van der Waals surface area contributed by atoms with E-state index in [4.69, 9.17) is 0 Å². The maximum absolute atomic E-state index is 13.5. The Hall–Kier alpha value is -1.49. The molecular weight excluding hydrogens is 274 g/mol. The number of halogens is 2. The second kappa shape index (κ2) is 5.72. The van der Waals surface area contributed by atoms with Crippen LogP contribution in [0.2, 0.25) is 0 Å². The lowest BCUT2D eigenvalue weighted by Crippen LogP contribution is -2.42. The van der Waals surface area contributed by atoms with Crippen LogP contribution in [0.3, 0.4) is 0 Å². The van der Waals surface area contributed by atoms with E-state index in [2.05, 4.69) is 17.1 Å². The number of carbonyl (C=O) groups excluding carboxylic acids is 1. The van der Waals surface area contributed by atoms with Gasteiger partial charge in [0, 0.05) is 18.2 Å². The first-order valence-electron chi connectivity index (χ1n) is 7.55. The Morgan fingerprint density at radius 3 is 2.62 bits per heavy atom. The predicted octanol–water partition coefficient (Wildman–Crippen LogP) is 3.17. The zero-order valence-corrected chi connectivity index (χ0v) is 12.1. The number of benzene rings is 1. The second-order valence-corrected chi connectivity index (χ2v) is 6.15. The maximum atomic E-state index is 13.5. The minimum atomic E-state index is -0.739. The third kappa shape index (κ3) is 3.59. The van der Waals surface area contributed by atoms with Gasteiger partial charge in [0.05, 0.1) is 12.2 Å². The van der Waals surface area contributed by atoms with Crippen LogP contribution >= 0.6 is 0 Å². The number of nitrogens with one attached hydrogen (secondary N) is 1. The normalized spacial score (nSPS) is 19.6. The lowest BCUT2D eigenvalue weighted by atomic mass is 10.1. The number of rotatable bonds is 6. The van der Waals surface area contributed by atoms with E-state index in [9.17, 15) is 13.6 Å². The van der Waals surface area contributed by atoms with Crippen molar-refractivity contribution in [3.63, 3.8) is 0 Å². The largest absolute Gasteiger partial charge is 0.322 e. The molecule has 3 nitrogen and oxygen atoms in total. The zero-order chi connectivity index (χ0) is 15.0. The monoisotopic (exact) mass is 294 g/mol. The molecule has 0 radical (unpaired) electrons. The molecule has 0 aliphatic heterocycles. The molecule has 1 aromatic carbocycles. The van der Waals surface area contributed by atoms with Crippen LogP contribution in [0.4, 0.5) is 14.5 Å². The average molecular weight is 294 g/mol. The molecule has 0 unspecified atom stereocenters. The Balaban J connectivity index is 1.61. The second-order valence-electron chi connectivity index (χ2n) is 6.15. The molecule has 114 valence electrons. The highest BCUT2D eigenvalue weighted by atomic mass is 19.1. The minimum absolute atomic E-state index is 0.0382. The van der Waals surface area contributed by atoms with Gasteiger partial charge in [0.15, 0.2) is 0 Å². The summed E-state index contributed by atoms with van der Waals surface area (Å²) in [6.07, 6.45) is 4.74. The van der Waals surface area contributed by atoms with Crippen LogP contribution in [0.25, 0.3) is 0 Å². The molecule has 1 atom stereocenters. The summed E-state index contributed by atoms with van der Waals surface area (Å²) < 4.78 is 26.4. The fourth-order valence-corrected chi connectivity index (χ4v) is 2.81. The van der Waals surface area contributed by atoms with Crippen LogP contribution in [0.1, 0.15) is 32.6 Å². The molecule has 1 amide bonds. The highest BCUT2D eigenvalue weighted by Gasteiger charge is 2.39. The molecule has 1 aromatic rings. The van der Waals surface area contributed by atoms with Gasteiger partial charge in [-0.3, -0.25) is 9.69 Å². The van der Waals surface area contributed by atoms with Gasteiger partial charge >= 0.3 is 0 Å². The van der Waals surface area contributed by atoms with Gasteiger partial charge < -0.3 is 5.32 Å². The van der Waals surface area contributed by atoms with E-state index in [1.165, 1.54) is 18.9 Å². The number of anilines is 1. The van der Waals surface area contributed by atoms with E-state index in [-0.39, 0.29) is 18.1 Å². The van der Waals surface area contributed by atoms with Gasteiger partial charge in [0.25, 0.3) is 0 Å². The third-order valence-corrected chi connectivity index (χ3v) is 4.37. The van der Waals surface area contributed by atoms with Crippen molar-refractivity contribution in [1.29, 1.82) is 0 Å². The van der Waals surface area contributed by atoms with Crippen molar-refractivity contribution in [1.82, 2.24) is 4.90 Å². The molecular formula is C16H20F2N2O. The third-order valence-electron chi connectivity index (χ3n) is 4.37. The van der Waals surface area contributed by atoms with Crippen LogP contribution < -0.4 is 5.32 Å². The lowest BCUT2D eigenvalue weighted by Gasteiger charge is -2.28. The Bertz CT molecular complexity index is 541. The summed E-state index contributed by atoms with van der Waals surface area (Å²) in [5.41, 5.74) is 0.0382. The summed E-state index contributed by atoms with van der Waals surface area (Å²) in [6, 6.07) is 4.07. The summed E-state index contributed by atoms with van der Waals surface area (Å²) in [6.45, 7) is 2.45. The van der Waals surface area contributed by atoms with Crippen molar-refractivity contribution >= 4 is 11.6 Å². The standard InChI is InChI=1S/C16H20F2N2O/c1-10(11-2-3-11)20(13-5-6-13)9-16(21)19-15-7-4-12(17)8-14(15)18/h4,7-8,10-11,13H,2-3,5-6,9H2,1H3,(H,19,21)/t10-/m0/s1. The Labute approximate surface area is 123 Å². The van der Waals surface area contributed by atoms with E-state index in [0.717, 1.165) is 25.0 Å². The van der Waals surface area contributed by atoms with Crippen molar-refractivity contribution in [2.75, 3.05) is 11.9 Å². The fraction of sp³-hybridized carbons (Fsp3) is 0.562. The van der Waals surface area contributed by atoms with Crippen molar-refractivity contribution in [2.24, 2.45) is 5.92 Å². The average Bonchev–Trinajstić information content (AvgIpc) is 3.28. The Kier molecular flexibility index (Phi) is 3.93. The first kappa shape index (κ1) is 14.4. The molecule has 0 heterocycles. The van der Waals surface area contributed by atoms with E-state index in [1.54, 1.807) is 0 Å². The Morgan fingerprint density at radius 1 is 1.33 bits per heavy atom. The highest BCUT2D eigenvalue weighted by Crippen LogP contribution is 2.39. The van der Waals surface area contributed by atoms with Crippen molar-refractivity contribution in [3.05, 3.63) is 29.8 Å². The van der Waals surface area contributed by atoms with Crippen molar-refractivity contribution in [3.8, 4) is 0 Å². The van der Waals surface area contributed by atoms with E-state index in [1.807, 2.05) is 0 Å².